The van der Waals surface area contributed by atoms with Crippen LogP contribution in [0.25, 0.3) is 10.8 Å². The normalized spacial score (nSPS) is 12.0. The molecule has 5 nitrogen and oxygen atoms in total. The Labute approximate surface area is 165 Å². The molecule has 1 N–H and O–H groups in total. The van der Waals surface area contributed by atoms with E-state index in [1.165, 1.54) is 0 Å². The highest BCUT2D eigenvalue weighted by Crippen LogP contribution is 2.24. The van der Waals surface area contributed by atoms with Crippen LogP contribution in [0.4, 0.5) is 5.69 Å². The molecule has 0 unspecified atom stereocenters. The van der Waals surface area contributed by atoms with E-state index in [2.05, 4.69) is 29.6 Å². The van der Waals surface area contributed by atoms with Crippen molar-refractivity contribution in [1.82, 2.24) is 4.90 Å². The molecule has 0 saturated carbocycles. The maximum absolute atomic E-state index is 12.7. The first kappa shape index (κ1) is 19.7. The summed E-state index contributed by atoms with van der Waals surface area (Å²) in [5.41, 5.74) is 1.83. The van der Waals surface area contributed by atoms with Crippen molar-refractivity contribution in [2.75, 3.05) is 26.6 Å². The highest BCUT2D eigenvalue weighted by atomic mass is 16.5. The summed E-state index contributed by atoms with van der Waals surface area (Å²) in [6, 6.07) is 19.5. The number of para-hydroxylation sites is 2. The molecule has 3 aromatic rings. The molecule has 0 aliphatic carbocycles. The number of ether oxygens (including phenoxy) is 2. The quantitative estimate of drug-likeness (QED) is 0.665. The molecule has 0 saturated heterocycles. The number of hydrogen-bond acceptors (Lipinski definition) is 4. The Bertz CT molecular complexity index is 971. The van der Waals surface area contributed by atoms with Crippen molar-refractivity contribution in [2.24, 2.45) is 0 Å². The molecule has 146 valence electrons. The molecular formula is C23H26N2O3. The number of nitrogens with zero attached hydrogens (tertiary/aromatic N) is 1. The Kier molecular flexibility index (Phi) is 6.16. The van der Waals surface area contributed by atoms with Crippen LogP contribution >= 0.6 is 0 Å². The third-order valence-electron chi connectivity index (χ3n) is 4.95. The van der Waals surface area contributed by atoms with Gasteiger partial charge in [0.2, 0.25) is 5.91 Å². The number of nitrogens with one attached hydrogen (secondary N) is 1. The average molecular weight is 378 g/mol. The highest BCUT2D eigenvalue weighted by molar-refractivity contribution is 5.95. The Hall–Kier alpha value is -3.05. The predicted octanol–water partition coefficient (Wildman–Crippen LogP) is 4.32. The lowest BCUT2D eigenvalue weighted by molar-refractivity contribution is -0.120. The largest absolute Gasteiger partial charge is 0.497 e. The summed E-state index contributed by atoms with van der Waals surface area (Å²) in [5, 5.41) is 5.23. The summed E-state index contributed by atoms with van der Waals surface area (Å²) < 4.78 is 10.6. The van der Waals surface area contributed by atoms with Gasteiger partial charge < -0.3 is 14.8 Å². The van der Waals surface area contributed by atoms with Gasteiger partial charge in [0, 0.05) is 6.54 Å². The lowest BCUT2D eigenvalue weighted by Gasteiger charge is -2.24. The summed E-state index contributed by atoms with van der Waals surface area (Å²) in [5.74, 6) is 1.42. The molecule has 3 aromatic carbocycles. The fraction of sp³-hybridized carbons (Fsp3) is 0.261. The summed E-state index contributed by atoms with van der Waals surface area (Å²) >= 11 is 0. The van der Waals surface area contributed by atoms with E-state index in [4.69, 9.17) is 9.47 Å². The van der Waals surface area contributed by atoms with E-state index in [1.54, 1.807) is 14.2 Å². The molecule has 0 radical (unpaired) electrons. The van der Waals surface area contributed by atoms with Crippen LogP contribution < -0.4 is 14.8 Å². The standard InChI is InChI=1S/C23H26N2O3/c1-16(23(26)24-21-7-5-6-8-22(21)28-4)25(2)15-17-9-10-19-14-20(27-3)12-11-18(19)13-17/h5-14,16H,15H2,1-4H3,(H,24,26)/t16-/m1/s1. The highest BCUT2D eigenvalue weighted by Gasteiger charge is 2.19. The third-order valence-corrected chi connectivity index (χ3v) is 4.95. The van der Waals surface area contributed by atoms with E-state index in [0.717, 1.165) is 22.1 Å². The molecule has 1 amide bonds. The second kappa shape index (κ2) is 8.76. The van der Waals surface area contributed by atoms with Crippen molar-refractivity contribution in [3.63, 3.8) is 0 Å². The van der Waals surface area contributed by atoms with Gasteiger partial charge in [-0.05, 0) is 60.6 Å². The van der Waals surface area contributed by atoms with Crippen LogP contribution in [0.5, 0.6) is 11.5 Å². The molecule has 1 atom stereocenters. The van der Waals surface area contributed by atoms with Gasteiger partial charge in [0.25, 0.3) is 0 Å². The maximum Gasteiger partial charge on any atom is 0.241 e. The second-order valence-corrected chi connectivity index (χ2v) is 6.83. The first-order valence-electron chi connectivity index (χ1n) is 9.22. The van der Waals surface area contributed by atoms with Gasteiger partial charge in [-0.15, -0.1) is 0 Å². The van der Waals surface area contributed by atoms with Gasteiger partial charge >= 0.3 is 0 Å². The zero-order chi connectivity index (χ0) is 20.1. The molecule has 0 aliphatic heterocycles. The molecule has 0 bridgehead atoms. The van der Waals surface area contributed by atoms with Gasteiger partial charge in [-0.2, -0.15) is 0 Å². The Morgan fingerprint density at radius 3 is 2.46 bits per heavy atom. The smallest absolute Gasteiger partial charge is 0.241 e. The fourth-order valence-corrected chi connectivity index (χ4v) is 3.11. The van der Waals surface area contributed by atoms with Crippen molar-refractivity contribution >= 4 is 22.4 Å². The third kappa shape index (κ3) is 4.43. The Morgan fingerprint density at radius 2 is 1.71 bits per heavy atom. The molecule has 3 rings (SSSR count). The van der Waals surface area contributed by atoms with Crippen molar-refractivity contribution in [1.29, 1.82) is 0 Å². The number of likely N-dealkylation sites (N-methyl/N-ethyl adjacent to an activating group) is 1. The Balaban J connectivity index is 1.68. The van der Waals surface area contributed by atoms with Crippen LogP contribution in [-0.2, 0) is 11.3 Å². The molecule has 0 spiro atoms. The lowest BCUT2D eigenvalue weighted by Crippen LogP contribution is -2.39. The first-order chi connectivity index (χ1) is 13.5. The minimum atomic E-state index is -0.295. The number of amides is 1. The van der Waals surface area contributed by atoms with Crippen molar-refractivity contribution in [3.8, 4) is 11.5 Å². The van der Waals surface area contributed by atoms with E-state index in [-0.39, 0.29) is 11.9 Å². The Morgan fingerprint density at radius 1 is 1.00 bits per heavy atom. The summed E-state index contributed by atoms with van der Waals surface area (Å²) in [4.78, 5) is 14.7. The number of methoxy groups -OCH3 is 2. The lowest BCUT2D eigenvalue weighted by atomic mass is 10.1. The van der Waals surface area contributed by atoms with Crippen molar-refractivity contribution in [2.45, 2.75) is 19.5 Å². The van der Waals surface area contributed by atoms with E-state index in [9.17, 15) is 4.79 Å². The minimum absolute atomic E-state index is 0.0717. The monoisotopic (exact) mass is 378 g/mol. The van der Waals surface area contributed by atoms with E-state index < -0.39 is 0 Å². The summed E-state index contributed by atoms with van der Waals surface area (Å²) in [6.45, 7) is 2.57. The van der Waals surface area contributed by atoms with Crippen molar-refractivity contribution in [3.05, 3.63) is 66.2 Å². The van der Waals surface area contributed by atoms with Crippen LogP contribution in [0.15, 0.2) is 60.7 Å². The number of carbonyl (C=O) groups is 1. The molecule has 0 aromatic heterocycles. The SMILES string of the molecule is COc1ccc2cc(CN(C)[C@H](C)C(=O)Nc3ccccc3OC)ccc2c1. The summed E-state index contributed by atoms with van der Waals surface area (Å²) in [7, 11) is 5.21. The molecule has 0 heterocycles. The topological polar surface area (TPSA) is 50.8 Å². The summed E-state index contributed by atoms with van der Waals surface area (Å²) in [6.07, 6.45) is 0. The van der Waals surface area contributed by atoms with Gasteiger partial charge in [-0.3, -0.25) is 9.69 Å². The van der Waals surface area contributed by atoms with Gasteiger partial charge in [-0.1, -0.05) is 30.3 Å². The maximum atomic E-state index is 12.7. The van der Waals surface area contributed by atoms with Gasteiger partial charge in [-0.25, -0.2) is 0 Å². The van der Waals surface area contributed by atoms with Gasteiger partial charge in [0.05, 0.1) is 25.9 Å². The van der Waals surface area contributed by atoms with Crippen LogP contribution in [0.1, 0.15) is 12.5 Å². The number of hydrogen-bond donors (Lipinski definition) is 1. The molecule has 0 fully saturated rings. The number of carbonyl (C=O) groups excluding carboxylic acids is 1. The molecule has 0 aliphatic rings. The minimum Gasteiger partial charge on any atom is -0.497 e. The zero-order valence-corrected chi connectivity index (χ0v) is 16.7. The number of anilines is 1. The number of fused-ring (bicyclic) bond motifs is 1. The zero-order valence-electron chi connectivity index (χ0n) is 16.7. The van der Waals surface area contributed by atoms with Crippen LogP contribution in [0.3, 0.4) is 0 Å². The fourth-order valence-electron chi connectivity index (χ4n) is 3.11. The number of rotatable bonds is 7. The molecular weight excluding hydrogens is 352 g/mol. The predicted molar refractivity (Wildman–Crippen MR) is 113 cm³/mol. The van der Waals surface area contributed by atoms with Gasteiger partial charge in [0.15, 0.2) is 0 Å². The van der Waals surface area contributed by atoms with Crippen LogP contribution in [0, 0.1) is 0 Å². The van der Waals surface area contributed by atoms with E-state index >= 15 is 0 Å². The van der Waals surface area contributed by atoms with Crippen molar-refractivity contribution < 1.29 is 14.3 Å². The van der Waals surface area contributed by atoms with E-state index in [1.807, 2.05) is 55.3 Å². The van der Waals surface area contributed by atoms with Gasteiger partial charge in [0.1, 0.15) is 11.5 Å². The van der Waals surface area contributed by atoms with Crippen LogP contribution in [0.2, 0.25) is 0 Å². The van der Waals surface area contributed by atoms with Crippen LogP contribution in [-0.4, -0.2) is 38.1 Å². The molecule has 28 heavy (non-hydrogen) atoms. The first-order valence-corrected chi connectivity index (χ1v) is 9.22. The average Bonchev–Trinajstić information content (AvgIpc) is 2.73. The second-order valence-electron chi connectivity index (χ2n) is 6.83. The molecule has 5 heteroatoms. The number of benzene rings is 3. The van der Waals surface area contributed by atoms with E-state index in [0.29, 0.717) is 18.0 Å².